The molecule has 0 aliphatic rings. The molecule has 0 saturated heterocycles. The van der Waals surface area contributed by atoms with E-state index in [1.165, 1.54) is 32.4 Å². The summed E-state index contributed by atoms with van der Waals surface area (Å²) >= 11 is 6.00. The minimum atomic E-state index is -3.93. The van der Waals surface area contributed by atoms with Gasteiger partial charge in [0.25, 0.3) is 15.9 Å². The number of nitrogens with zero attached hydrogens (tertiary/aromatic N) is 1. The topological polar surface area (TPSA) is 75.7 Å². The average Bonchev–Trinajstić information content (AvgIpc) is 2.53. The van der Waals surface area contributed by atoms with Crippen LogP contribution in [0.1, 0.15) is 50.4 Å². The number of sulfonamides is 1. The van der Waals surface area contributed by atoms with E-state index >= 15 is 0 Å². The minimum absolute atomic E-state index is 0.00336. The summed E-state index contributed by atoms with van der Waals surface area (Å²) < 4.78 is 25.4. The van der Waals surface area contributed by atoms with Crippen LogP contribution in [0.5, 0.6) is 0 Å². The Bertz CT molecular complexity index is 692. The Labute approximate surface area is 155 Å². The molecule has 0 bridgehead atoms. The van der Waals surface area contributed by atoms with Crippen LogP contribution in [0.25, 0.3) is 0 Å². The van der Waals surface area contributed by atoms with Gasteiger partial charge in [-0.15, -0.1) is 0 Å². The third-order valence-electron chi connectivity index (χ3n) is 3.86. The molecule has 1 unspecified atom stereocenters. The van der Waals surface area contributed by atoms with Gasteiger partial charge >= 0.3 is 0 Å². The van der Waals surface area contributed by atoms with E-state index in [-0.39, 0.29) is 27.4 Å². The van der Waals surface area contributed by atoms with Gasteiger partial charge < -0.3 is 5.32 Å². The normalized spacial score (nSPS) is 13.3. The molecule has 0 saturated carbocycles. The summed E-state index contributed by atoms with van der Waals surface area (Å²) in [4.78, 5) is 17.0. The number of halogens is 1. The Morgan fingerprint density at radius 1 is 1.28 bits per heavy atom. The molecule has 0 spiro atoms. The fourth-order valence-electron chi connectivity index (χ4n) is 2.29. The maximum Gasteiger partial charge on any atom is 0.266 e. The lowest BCUT2D eigenvalue weighted by Crippen LogP contribution is -2.33. The van der Waals surface area contributed by atoms with Crippen molar-refractivity contribution >= 4 is 27.5 Å². The van der Waals surface area contributed by atoms with Crippen LogP contribution < -0.4 is 5.32 Å². The van der Waals surface area contributed by atoms with Crippen molar-refractivity contribution in [3.63, 3.8) is 0 Å². The van der Waals surface area contributed by atoms with Gasteiger partial charge in [-0.25, -0.2) is 8.42 Å². The van der Waals surface area contributed by atoms with Crippen LogP contribution in [0.15, 0.2) is 23.1 Å². The first kappa shape index (κ1) is 21.9. The number of amides is 1. The molecule has 0 fully saturated rings. The summed E-state index contributed by atoms with van der Waals surface area (Å²) in [5.74, 6) is 0.301. The summed E-state index contributed by atoms with van der Waals surface area (Å²) in [6.45, 7) is 6.26. The van der Waals surface area contributed by atoms with E-state index in [1.54, 1.807) is 0 Å². The molecule has 0 aliphatic heterocycles. The van der Waals surface area contributed by atoms with Gasteiger partial charge in [-0.05, 0) is 37.5 Å². The predicted octanol–water partition coefficient (Wildman–Crippen LogP) is 3.47. The fourth-order valence-corrected chi connectivity index (χ4v) is 3.76. The lowest BCUT2D eigenvalue weighted by molar-refractivity contribution is -0.0258. The molecule has 1 aromatic carbocycles. The SMILES string of the molecule is CON(C)S(=O)(=O)c1cc(C(=O)NC(C)CCCC(C)C)ccc1Cl. The standard InChI is InChI=1S/C17H27ClN2O4S/c1-12(2)7-6-8-13(3)19-17(21)14-9-10-15(18)16(11-14)25(22,23)20(4)24-5/h9-13H,6-8H2,1-5H3,(H,19,21). The van der Waals surface area contributed by atoms with Crippen LogP contribution in [0.3, 0.4) is 0 Å². The lowest BCUT2D eigenvalue weighted by Gasteiger charge is -2.17. The molecule has 142 valence electrons. The summed E-state index contributed by atoms with van der Waals surface area (Å²) in [7, 11) is -1.43. The van der Waals surface area contributed by atoms with Crippen molar-refractivity contribution in [2.45, 2.75) is 51.0 Å². The Balaban J connectivity index is 2.89. The fraction of sp³-hybridized carbons (Fsp3) is 0.588. The average molecular weight is 391 g/mol. The first-order valence-electron chi connectivity index (χ1n) is 8.23. The second-order valence-corrected chi connectivity index (χ2v) is 8.75. The summed E-state index contributed by atoms with van der Waals surface area (Å²) in [5.41, 5.74) is 0.239. The molecule has 0 heterocycles. The molecule has 1 aromatic rings. The quantitative estimate of drug-likeness (QED) is 0.655. The van der Waals surface area contributed by atoms with Crippen LogP contribution in [-0.2, 0) is 14.9 Å². The molecule has 0 aliphatic carbocycles. The maximum atomic E-state index is 12.4. The van der Waals surface area contributed by atoms with Gasteiger partial charge in [0.05, 0.1) is 12.1 Å². The number of hydrogen-bond donors (Lipinski definition) is 1. The molecule has 0 radical (unpaired) electrons. The molecule has 1 N–H and O–H groups in total. The Kier molecular flexibility index (Phi) is 8.34. The van der Waals surface area contributed by atoms with Crippen LogP contribution in [0, 0.1) is 5.92 Å². The van der Waals surface area contributed by atoms with E-state index in [0.717, 1.165) is 19.3 Å². The van der Waals surface area contributed by atoms with Crippen LogP contribution in [0.4, 0.5) is 0 Å². The molecule has 25 heavy (non-hydrogen) atoms. The second kappa shape index (κ2) is 9.52. The van der Waals surface area contributed by atoms with Gasteiger partial charge in [0.15, 0.2) is 0 Å². The minimum Gasteiger partial charge on any atom is -0.350 e. The number of nitrogens with one attached hydrogen (secondary N) is 1. The summed E-state index contributed by atoms with van der Waals surface area (Å²) in [6, 6.07) is 4.17. The van der Waals surface area contributed by atoms with Crippen molar-refractivity contribution in [3.05, 3.63) is 28.8 Å². The van der Waals surface area contributed by atoms with Gasteiger partial charge in [-0.3, -0.25) is 9.63 Å². The van der Waals surface area contributed by atoms with Crippen molar-refractivity contribution in [1.29, 1.82) is 0 Å². The first-order chi connectivity index (χ1) is 11.6. The monoisotopic (exact) mass is 390 g/mol. The third-order valence-corrected chi connectivity index (χ3v) is 6.02. The lowest BCUT2D eigenvalue weighted by atomic mass is 10.0. The molecular weight excluding hydrogens is 364 g/mol. The molecule has 1 rings (SSSR count). The number of rotatable bonds is 9. The zero-order chi connectivity index (χ0) is 19.2. The Morgan fingerprint density at radius 3 is 2.48 bits per heavy atom. The smallest absolute Gasteiger partial charge is 0.266 e. The van der Waals surface area contributed by atoms with Crippen molar-refractivity contribution in [2.24, 2.45) is 5.92 Å². The van der Waals surface area contributed by atoms with Crippen LogP contribution in [-0.4, -0.2) is 39.0 Å². The highest BCUT2D eigenvalue weighted by Gasteiger charge is 2.25. The van der Waals surface area contributed by atoms with Crippen LogP contribution >= 0.6 is 11.6 Å². The first-order valence-corrected chi connectivity index (χ1v) is 10.0. The van der Waals surface area contributed by atoms with Gasteiger partial charge in [0, 0.05) is 18.7 Å². The number of hydrogen-bond acceptors (Lipinski definition) is 4. The highest BCUT2D eigenvalue weighted by molar-refractivity contribution is 7.89. The Morgan fingerprint density at radius 2 is 1.92 bits per heavy atom. The molecule has 0 aromatic heterocycles. The largest absolute Gasteiger partial charge is 0.350 e. The van der Waals surface area contributed by atoms with Crippen molar-refractivity contribution in [2.75, 3.05) is 14.2 Å². The second-order valence-electron chi connectivity index (χ2n) is 6.44. The number of hydroxylamine groups is 1. The van der Waals surface area contributed by atoms with Gasteiger partial charge in [0.2, 0.25) is 0 Å². The highest BCUT2D eigenvalue weighted by atomic mass is 35.5. The zero-order valence-electron chi connectivity index (χ0n) is 15.4. The van der Waals surface area contributed by atoms with Crippen molar-refractivity contribution < 1.29 is 18.0 Å². The highest BCUT2D eigenvalue weighted by Crippen LogP contribution is 2.25. The van der Waals surface area contributed by atoms with Gasteiger partial charge in [-0.2, -0.15) is 0 Å². The van der Waals surface area contributed by atoms with E-state index in [9.17, 15) is 13.2 Å². The molecule has 8 heteroatoms. The number of benzene rings is 1. The van der Waals surface area contributed by atoms with E-state index in [1.807, 2.05) is 6.92 Å². The van der Waals surface area contributed by atoms with E-state index in [2.05, 4.69) is 19.2 Å². The van der Waals surface area contributed by atoms with Gasteiger partial charge in [-0.1, -0.05) is 42.8 Å². The molecular formula is C17H27ClN2O4S. The number of carbonyl (C=O) groups excluding carboxylic acids is 1. The summed E-state index contributed by atoms with van der Waals surface area (Å²) in [6.07, 6.45) is 3.00. The molecule has 1 atom stereocenters. The number of carbonyl (C=O) groups is 1. The third kappa shape index (κ3) is 6.26. The van der Waals surface area contributed by atoms with E-state index in [0.29, 0.717) is 10.4 Å². The zero-order valence-corrected chi connectivity index (χ0v) is 16.9. The predicted molar refractivity (Wildman–Crippen MR) is 99.0 cm³/mol. The van der Waals surface area contributed by atoms with Crippen molar-refractivity contribution in [3.8, 4) is 0 Å². The molecule has 1 amide bonds. The molecule has 6 nitrogen and oxygen atoms in total. The maximum absolute atomic E-state index is 12.4. The van der Waals surface area contributed by atoms with E-state index in [4.69, 9.17) is 16.4 Å². The van der Waals surface area contributed by atoms with Gasteiger partial charge in [0.1, 0.15) is 4.90 Å². The summed E-state index contributed by atoms with van der Waals surface area (Å²) in [5, 5.41) is 2.92. The van der Waals surface area contributed by atoms with Crippen molar-refractivity contribution in [1.82, 2.24) is 9.79 Å². The van der Waals surface area contributed by atoms with Crippen LogP contribution in [0.2, 0.25) is 5.02 Å². The Hall–Kier alpha value is -1.15. The van der Waals surface area contributed by atoms with E-state index < -0.39 is 10.0 Å².